The van der Waals surface area contributed by atoms with Gasteiger partial charge in [-0.25, -0.2) is 0 Å². The Kier molecular flexibility index (Phi) is 9.17. The smallest absolute Gasteiger partial charge is 0.120 e. The van der Waals surface area contributed by atoms with Crippen LogP contribution < -0.4 is 5.19 Å². The number of aryl methyl sites for hydroxylation is 1. The summed E-state index contributed by atoms with van der Waals surface area (Å²) in [5, 5.41) is 3.67. The number of fused-ring (bicyclic) bond motifs is 3. The summed E-state index contributed by atoms with van der Waals surface area (Å²) in [7, 11) is -1.27. The van der Waals surface area contributed by atoms with Crippen molar-refractivity contribution in [2.24, 2.45) is 0 Å². The zero-order valence-electron chi connectivity index (χ0n) is 24.7. The average Bonchev–Trinajstić information content (AvgIpc) is 3.41. The van der Waals surface area contributed by atoms with Crippen molar-refractivity contribution in [3.05, 3.63) is 139 Å². The fourth-order valence-electron chi connectivity index (χ4n) is 5.36. The molecular weight excluding hydrogens is 721 g/mol. The van der Waals surface area contributed by atoms with Crippen LogP contribution in [0.4, 0.5) is 0 Å². The van der Waals surface area contributed by atoms with Crippen molar-refractivity contribution in [3.63, 3.8) is 0 Å². The Morgan fingerprint density at radius 1 is 0.744 bits per heavy atom. The van der Waals surface area contributed by atoms with Crippen LogP contribution in [0.3, 0.4) is 0 Å². The van der Waals surface area contributed by atoms with Crippen molar-refractivity contribution in [1.29, 1.82) is 0 Å². The van der Waals surface area contributed by atoms with E-state index in [1.165, 1.54) is 10.8 Å². The Morgan fingerprint density at radius 2 is 1.49 bits per heavy atom. The Balaban J connectivity index is 0.000000180. The molecule has 0 bridgehead atoms. The minimum Gasteiger partial charge on any atom is -0.501 e. The first-order valence-corrected chi connectivity index (χ1v) is 17.7. The van der Waals surface area contributed by atoms with Crippen LogP contribution in [-0.2, 0) is 20.1 Å². The summed E-state index contributed by atoms with van der Waals surface area (Å²) in [5.74, 6) is 0. The molecule has 5 heteroatoms. The predicted octanol–water partition coefficient (Wildman–Crippen LogP) is 9.52. The molecule has 4 aromatic carbocycles. The first-order valence-electron chi connectivity index (χ1n) is 14.2. The second-order valence-corrected chi connectivity index (χ2v) is 16.4. The number of pyridine rings is 2. The topological polar surface area (TPSA) is 38.9 Å². The summed E-state index contributed by atoms with van der Waals surface area (Å²) in [5.41, 5.74) is 9.20. The summed E-state index contributed by atoms with van der Waals surface area (Å²) in [6.07, 6.45) is 3.85. The van der Waals surface area contributed by atoms with Crippen LogP contribution in [0.15, 0.2) is 126 Å². The van der Waals surface area contributed by atoms with Gasteiger partial charge in [-0.05, 0) is 41.0 Å². The van der Waals surface area contributed by atoms with Crippen LogP contribution in [-0.4, -0.2) is 18.0 Å². The van der Waals surface area contributed by atoms with Gasteiger partial charge in [0.1, 0.15) is 5.58 Å². The summed E-state index contributed by atoms with van der Waals surface area (Å²) >= 11 is 0. The third-order valence-corrected chi connectivity index (χ3v) is 9.50. The number of rotatable bonds is 4. The van der Waals surface area contributed by atoms with Gasteiger partial charge < -0.3 is 14.4 Å². The van der Waals surface area contributed by atoms with Gasteiger partial charge in [0.2, 0.25) is 0 Å². The first kappa shape index (κ1) is 30.3. The number of nitrogens with zero attached hydrogens (tertiary/aromatic N) is 2. The van der Waals surface area contributed by atoms with Gasteiger partial charge in [0.25, 0.3) is 0 Å². The fourth-order valence-corrected chi connectivity index (χ4v) is 7.07. The number of para-hydroxylation sites is 1. The maximum Gasteiger partial charge on any atom is 0.120 e. The predicted molar refractivity (Wildman–Crippen MR) is 177 cm³/mol. The summed E-state index contributed by atoms with van der Waals surface area (Å²) < 4.78 is 6.23. The molecule has 215 valence electrons. The monoisotopic (exact) mass is 753 g/mol. The molecule has 0 saturated heterocycles. The summed E-state index contributed by atoms with van der Waals surface area (Å²) in [4.78, 5) is 9.06. The molecule has 3 aromatic heterocycles. The van der Waals surface area contributed by atoms with Gasteiger partial charge >= 0.3 is 0 Å². The normalized spacial score (nSPS) is 11.1. The molecular formula is C38H32IrN2OSi-2. The Morgan fingerprint density at radius 3 is 2.19 bits per heavy atom. The molecule has 0 aliphatic carbocycles. The molecule has 0 aliphatic rings. The zero-order chi connectivity index (χ0) is 29.1. The van der Waals surface area contributed by atoms with Crippen molar-refractivity contribution in [2.45, 2.75) is 26.6 Å². The molecule has 7 rings (SSSR count). The number of hydrogen-bond acceptors (Lipinski definition) is 3. The minimum atomic E-state index is -1.27. The van der Waals surface area contributed by atoms with E-state index in [9.17, 15) is 0 Å². The summed E-state index contributed by atoms with van der Waals surface area (Å²) in [6.45, 7) is 9.24. The largest absolute Gasteiger partial charge is 0.501 e. The average molecular weight is 753 g/mol. The van der Waals surface area contributed by atoms with E-state index in [0.29, 0.717) is 0 Å². The third kappa shape index (κ3) is 6.45. The molecule has 0 aliphatic heterocycles. The van der Waals surface area contributed by atoms with Crippen molar-refractivity contribution >= 4 is 35.2 Å². The molecule has 3 nitrogen and oxygen atoms in total. The van der Waals surface area contributed by atoms with Crippen molar-refractivity contribution < 1.29 is 24.5 Å². The van der Waals surface area contributed by atoms with Gasteiger partial charge in [-0.3, -0.25) is 0 Å². The maximum atomic E-state index is 6.23. The number of furan rings is 1. The van der Waals surface area contributed by atoms with Crippen molar-refractivity contribution in [1.82, 2.24) is 9.97 Å². The Bertz CT molecular complexity index is 1970. The van der Waals surface area contributed by atoms with Gasteiger partial charge in [0.05, 0.1) is 13.7 Å². The Hall–Kier alpha value is -4.15. The van der Waals surface area contributed by atoms with E-state index < -0.39 is 8.07 Å². The van der Waals surface area contributed by atoms with Gasteiger partial charge in [-0.1, -0.05) is 109 Å². The molecule has 0 atom stereocenters. The standard InChI is InChI=1S/C23H14NO.C15H18NSi.Ir/c1-2-8-16(9-3-1)17-13-14-18(20-11-6-7-15-24-20)23-22(17)19-10-4-5-12-21(19)25-23;1-12-10-14(13-8-6-5-7-9-13)16-11-15(12)17(2,3)4;/h1-13,15H;5-8,10-11H,1-4H3;/q2*-1;. The maximum absolute atomic E-state index is 6.23. The van der Waals surface area contributed by atoms with Crippen LogP contribution in [0.25, 0.3) is 55.6 Å². The fraction of sp³-hybridized carbons (Fsp3) is 0.105. The molecule has 0 unspecified atom stereocenters. The van der Waals surface area contributed by atoms with Crippen LogP contribution in [0.5, 0.6) is 0 Å². The minimum absolute atomic E-state index is 0. The van der Waals surface area contributed by atoms with Gasteiger partial charge in [-0.2, -0.15) is 0 Å². The molecule has 1 radical (unpaired) electrons. The summed E-state index contributed by atoms with van der Waals surface area (Å²) in [6, 6.07) is 43.2. The van der Waals surface area contributed by atoms with E-state index in [2.05, 4.69) is 97.3 Å². The molecule has 0 amide bonds. The van der Waals surface area contributed by atoms with Crippen LogP contribution in [0.1, 0.15) is 5.56 Å². The van der Waals surface area contributed by atoms with Crippen molar-refractivity contribution in [3.8, 4) is 33.6 Å². The van der Waals surface area contributed by atoms with Gasteiger partial charge in [0, 0.05) is 37.9 Å². The molecule has 7 aromatic rings. The SMILES string of the molecule is Cc1cc(-c2[c-]cccc2)ncc1[Si](C)(C)C.[Ir].[c-]1cc(-c2ccccc2)c2c(oc3ccccc32)c1-c1ccccn1. The van der Waals surface area contributed by atoms with Crippen LogP contribution in [0, 0.1) is 19.1 Å². The van der Waals surface area contributed by atoms with E-state index in [-0.39, 0.29) is 20.1 Å². The quantitative estimate of drug-likeness (QED) is 0.133. The second-order valence-electron chi connectivity index (χ2n) is 11.4. The third-order valence-electron chi connectivity index (χ3n) is 7.36. The number of hydrogen-bond donors (Lipinski definition) is 0. The molecule has 43 heavy (non-hydrogen) atoms. The Labute approximate surface area is 268 Å². The van der Waals surface area contributed by atoms with E-state index in [1.54, 1.807) is 6.20 Å². The zero-order valence-corrected chi connectivity index (χ0v) is 28.1. The molecule has 0 saturated carbocycles. The van der Waals surface area contributed by atoms with Gasteiger partial charge in [-0.15, -0.1) is 48.0 Å². The molecule has 0 fully saturated rings. The molecule has 3 heterocycles. The number of aromatic nitrogens is 2. The van der Waals surface area contributed by atoms with E-state index in [4.69, 9.17) is 4.42 Å². The van der Waals surface area contributed by atoms with Gasteiger partial charge in [0.15, 0.2) is 0 Å². The van der Waals surface area contributed by atoms with E-state index in [0.717, 1.165) is 55.6 Å². The number of benzene rings is 4. The molecule has 0 N–H and O–H groups in total. The second kappa shape index (κ2) is 13.0. The van der Waals surface area contributed by atoms with Crippen LogP contribution >= 0.6 is 0 Å². The van der Waals surface area contributed by atoms with E-state index in [1.807, 2.05) is 66.7 Å². The first-order chi connectivity index (χ1) is 20.4. The van der Waals surface area contributed by atoms with Crippen molar-refractivity contribution in [2.75, 3.05) is 0 Å². The molecule has 0 spiro atoms. The van der Waals surface area contributed by atoms with E-state index >= 15 is 0 Å². The van der Waals surface area contributed by atoms with Crippen LogP contribution in [0.2, 0.25) is 19.6 Å².